The van der Waals surface area contributed by atoms with E-state index in [1.807, 2.05) is 0 Å². The summed E-state index contributed by atoms with van der Waals surface area (Å²) in [7, 11) is 2.51. The summed E-state index contributed by atoms with van der Waals surface area (Å²) in [6.07, 6.45) is -13.6. The first-order valence-electron chi connectivity index (χ1n) is 13.2. The molecule has 0 aromatic heterocycles. The molecule has 0 amide bonds. The molecule has 10 atom stereocenters. The molecule has 0 aromatic carbocycles. The van der Waals surface area contributed by atoms with Crippen LogP contribution in [0.5, 0.6) is 0 Å². The molecule has 2 aliphatic heterocycles. The summed E-state index contributed by atoms with van der Waals surface area (Å²) in [4.78, 5) is 71.7. The Labute approximate surface area is 247 Å². The van der Waals surface area contributed by atoms with Gasteiger partial charge in [0, 0.05) is 55.8 Å². The van der Waals surface area contributed by atoms with Crippen molar-refractivity contribution in [3.63, 3.8) is 0 Å². The first kappa shape index (κ1) is 35.8. The van der Waals surface area contributed by atoms with Gasteiger partial charge < -0.3 is 52.1 Å². The Hall–Kier alpha value is -3.38. The summed E-state index contributed by atoms with van der Waals surface area (Å²) in [6, 6.07) is 0. The molecule has 2 aliphatic rings. The zero-order valence-electron chi connectivity index (χ0n) is 25.1. The van der Waals surface area contributed by atoms with Crippen LogP contribution in [0.3, 0.4) is 0 Å². The van der Waals surface area contributed by atoms with Crippen molar-refractivity contribution in [2.45, 2.75) is 103 Å². The van der Waals surface area contributed by atoms with E-state index in [9.17, 15) is 28.8 Å². The van der Waals surface area contributed by atoms with Crippen LogP contribution in [0.25, 0.3) is 0 Å². The van der Waals surface area contributed by atoms with Crippen molar-refractivity contribution in [1.29, 1.82) is 0 Å². The third-order valence-corrected chi connectivity index (χ3v) is 6.09. The predicted molar refractivity (Wildman–Crippen MR) is 135 cm³/mol. The van der Waals surface area contributed by atoms with Gasteiger partial charge in [0.05, 0.1) is 0 Å². The molecule has 2 rings (SSSR count). The van der Waals surface area contributed by atoms with Gasteiger partial charge in [-0.05, 0) is 0 Å². The van der Waals surface area contributed by atoms with E-state index in [1.165, 1.54) is 14.2 Å². The monoisotopic (exact) mass is 622 g/mol. The molecule has 17 heteroatoms. The number of ether oxygens (including phenoxy) is 11. The average Bonchev–Trinajstić information content (AvgIpc) is 2.89. The Bertz CT molecular complexity index is 1010. The second-order valence-electron chi connectivity index (χ2n) is 9.52. The van der Waals surface area contributed by atoms with E-state index in [0.717, 1.165) is 41.5 Å². The Balaban J connectivity index is 2.64. The highest BCUT2D eigenvalue weighted by Gasteiger charge is 2.56. The Morgan fingerprint density at radius 2 is 0.837 bits per heavy atom. The molecular weight excluding hydrogens is 584 g/mol. The number of hydrogen-bond donors (Lipinski definition) is 0. The van der Waals surface area contributed by atoms with Gasteiger partial charge >= 0.3 is 35.8 Å². The van der Waals surface area contributed by atoms with Gasteiger partial charge in [-0.25, -0.2) is 0 Å². The van der Waals surface area contributed by atoms with Gasteiger partial charge in [0.1, 0.15) is 37.6 Å². The van der Waals surface area contributed by atoms with E-state index in [-0.39, 0.29) is 0 Å². The standard InChI is InChI=1S/C26H38O17/c1-11(27)35-9-17-19(33-7)21(37-13(3)29)24(40-16(6)32)26(42-17)43-20-18(10-36-12(2)28)41-25(34-8)23(39-15(5)31)22(20)38-14(4)30/h17-26H,9-10H2,1-8H3/t17-,18-,19-,20-,21+,22+,23-,24-,25?,26+/m1/s1. The first-order valence-corrected chi connectivity index (χ1v) is 13.2. The molecule has 2 saturated heterocycles. The van der Waals surface area contributed by atoms with Crippen LogP contribution in [0, 0.1) is 0 Å². The number of rotatable bonds is 12. The number of carbonyl (C=O) groups is 6. The van der Waals surface area contributed by atoms with Gasteiger partial charge in [-0.15, -0.1) is 0 Å². The molecule has 1 unspecified atom stereocenters. The topological polar surface area (TPSA) is 204 Å². The molecule has 0 saturated carbocycles. The van der Waals surface area contributed by atoms with E-state index >= 15 is 0 Å². The summed E-state index contributed by atoms with van der Waals surface area (Å²) >= 11 is 0. The molecule has 2 heterocycles. The lowest BCUT2D eigenvalue weighted by atomic mass is 9.96. The van der Waals surface area contributed by atoms with Crippen LogP contribution in [-0.4, -0.2) is 125 Å². The van der Waals surface area contributed by atoms with Crippen LogP contribution in [0.2, 0.25) is 0 Å². The smallest absolute Gasteiger partial charge is 0.303 e. The number of esters is 6. The fourth-order valence-electron chi connectivity index (χ4n) is 4.61. The summed E-state index contributed by atoms with van der Waals surface area (Å²) in [5.74, 6) is -4.54. The zero-order chi connectivity index (χ0) is 32.4. The van der Waals surface area contributed by atoms with Crippen LogP contribution in [-0.2, 0) is 80.9 Å². The molecule has 17 nitrogen and oxygen atoms in total. The zero-order valence-corrected chi connectivity index (χ0v) is 25.1. The van der Waals surface area contributed by atoms with Crippen molar-refractivity contribution >= 4 is 35.8 Å². The minimum Gasteiger partial charge on any atom is -0.463 e. The second-order valence-corrected chi connectivity index (χ2v) is 9.52. The van der Waals surface area contributed by atoms with Crippen molar-refractivity contribution in [3.05, 3.63) is 0 Å². The van der Waals surface area contributed by atoms with Crippen LogP contribution in [0.1, 0.15) is 41.5 Å². The molecule has 0 aliphatic carbocycles. The Morgan fingerprint density at radius 3 is 1.23 bits per heavy atom. The summed E-state index contributed by atoms with van der Waals surface area (Å²) in [6.45, 7) is 5.84. The number of hydrogen-bond acceptors (Lipinski definition) is 17. The Kier molecular flexibility index (Phi) is 13.7. The predicted octanol–water partition coefficient (Wildman–Crippen LogP) is -0.664. The minimum absolute atomic E-state index is 0.397. The maximum absolute atomic E-state index is 12.2. The highest BCUT2D eigenvalue weighted by Crippen LogP contribution is 2.35. The molecule has 0 bridgehead atoms. The van der Waals surface area contributed by atoms with Crippen molar-refractivity contribution in [2.24, 2.45) is 0 Å². The largest absolute Gasteiger partial charge is 0.463 e. The van der Waals surface area contributed by atoms with Gasteiger partial charge in [0.2, 0.25) is 0 Å². The first-order chi connectivity index (χ1) is 20.2. The highest BCUT2D eigenvalue weighted by atomic mass is 16.8. The summed E-state index contributed by atoms with van der Waals surface area (Å²) in [5.41, 5.74) is 0. The molecule has 0 radical (unpaired) electrons. The second kappa shape index (κ2) is 16.5. The molecular formula is C26H38O17. The SMILES string of the molecule is COC1O[C@H](COC(C)=O)[C@@H](O[C@@H]2O[C@H](COC(C)=O)[C@@H](OC)[C@H](OC(C)=O)[C@H]2OC(C)=O)[C@H](OC(C)=O)[C@H]1OC(C)=O. The maximum Gasteiger partial charge on any atom is 0.303 e. The van der Waals surface area contributed by atoms with Crippen molar-refractivity contribution in [3.8, 4) is 0 Å². The van der Waals surface area contributed by atoms with Gasteiger partial charge in [0.15, 0.2) is 37.0 Å². The third kappa shape index (κ3) is 10.4. The quantitative estimate of drug-likeness (QED) is 0.196. The summed E-state index contributed by atoms with van der Waals surface area (Å²) < 4.78 is 60.9. The summed E-state index contributed by atoms with van der Waals surface area (Å²) in [5, 5.41) is 0. The molecule has 0 spiro atoms. The molecule has 244 valence electrons. The van der Waals surface area contributed by atoms with Crippen molar-refractivity contribution in [1.82, 2.24) is 0 Å². The van der Waals surface area contributed by atoms with Crippen LogP contribution in [0.15, 0.2) is 0 Å². The van der Waals surface area contributed by atoms with Crippen molar-refractivity contribution in [2.75, 3.05) is 27.4 Å². The van der Waals surface area contributed by atoms with Crippen molar-refractivity contribution < 1.29 is 80.9 Å². The van der Waals surface area contributed by atoms with Gasteiger partial charge in [-0.2, -0.15) is 0 Å². The van der Waals surface area contributed by atoms with Gasteiger partial charge in [-0.1, -0.05) is 0 Å². The lowest BCUT2D eigenvalue weighted by Gasteiger charge is -2.48. The molecule has 43 heavy (non-hydrogen) atoms. The van der Waals surface area contributed by atoms with E-state index < -0.39 is 110 Å². The molecule has 0 aromatic rings. The fraction of sp³-hybridized carbons (Fsp3) is 0.769. The molecule has 0 N–H and O–H groups in total. The average molecular weight is 623 g/mol. The van der Waals surface area contributed by atoms with Crippen LogP contribution < -0.4 is 0 Å². The van der Waals surface area contributed by atoms with Gasteiger partial charge in [-0.3, -0.25) is 28.8 Å². The van der Waals surface area contributed by atoms with E-state index in [4.69, 9.17) is 52.1 Å². The van der Waals surface area contributed by atoms with E-state index in [0.29, 0.717) is 0 Å². The Morgan fingerprint density at radius 1 is 0.465 bits per heavy atom. The van der Waals surface area contributed by atoms with Crippen LogP contribution in [0.4, 0.5) is 0 Å². The maximum atomic E-state index is 12.2. The number of carbonyl (C=O) groups excluding carboxylic acids is 6. The lowest BCUT2D eigenvalue weighted by molar-refractivity contribution is -0.360. The number of methoxy groups -OCH3 is 2. The normalized spacial score (nSPS) is 32.1. The third-order valence-electron chi connectivity index (χ3n) is 6.09. The van der Waals surface area contributed by atoms with Gasteiger partial charge in [0.25, 0.3) is 0 Å². The fourth-order valence-corrected chi connectivity index (χ4v) is 4.61. The van der Waals surface area contributed by atoms with Crippen LogP contribution >= 0.6 is 0 Å². The lowest BCUT2D eigenvalue weighted by Crippen LogP contribution is -2.67. The minimum atomic E-state index is -1.64. The van der Waals surface area contributed by atoms with E-state index in [2.05, 4.69) is 0 Å². The molecule has 2 fully saturated rings. The van der Waals surface area contributed by atoms with E-state index in [1.54, 1.807) is 0 Å². The highest BCUT2D eigenvalue weighted by molar-refractivity contribution is 5.68.